The maximum absolute atomic E-state index is 12.3. The third kappa shape index (κ3) is 2.86. The van der Waals surface area contributed by atoms with Crippen molar-refractivity contribution < 1.29 is 13.5 Å². The van der Waals surface area contributed by atoms with Crippen LogP contribution in [-0.2, 0) is 16.6 Å². The molecule has 0 saturated heterocycles. The van der Waals surface area contributed by atoms with Gasteiger partial charge in [-0.2, -0.15) is 4.31 Å². The van der Waals surface area contributed by atoms with Gasteiger partial charge in [0.05, 0.1) is 11.5 Å². The van der Waals surface area contributed by atoms with Crippen LogP contribution >= 0.6 is 0 Å². The van der Waals surface area contributed by atoms with Gasteiger partial charge in [-0.15, -0.1) is 0 Å². The van der Waals surface area contributed by atoms with Gasteiger partial charge in [-0.05, 0) is 24.1 Å². The van der Waals surface area contributed by atoms with Gasteiger partial charge in [-0.1, -0.05) is 26.0 Å². The average molecular weight is 257 g/mol. The third-order valence-electron chi connectivity index (χ3n) is 2.76. The zero-order chi connectivity index (χ0) is 13.1. The second-order valence-electron chi connectivity index (χ2n) is 3.85. The summed E-state index contributed by atoms with van der Waals surface area (Å²) in [6.07, 6.45) is 0. The maximum atomic E-state index is 12.3. The second kappa shape index (κ2) is 5.62. The van der Waals surface area contributed by atoms with E-state index in [2.05, 4.69) is 0 Å². The van der Waals surface area contributed by atoms with Crippen LogP contribution in [0.3, 0.4) is 0 Å². The standard InChI is InChI=1S/C12H19NO3S/c1-4-13(5-2)17(15,16)12-8-11(9-14)7-6-10(12)3/h6-8,14H,4-5,9H2,1-3H3. The molecule has 0 aliphatic heterocycles. The van der Waals surface area contributed by atoms with Gasteiger partial charge < -0.3 is 5.11 Å². The van der Waals surface area contributed by atoms with Crippen molar-refractivity contribution >= 4 is 10.0 Å². The molecule has 0 amide bonds. The first-order valence-electron chi connectivity index (χ1n) is 5.67. The Hall–Kier alpha value is -0.910. The first-order valence-corrected chi connectivity index (χ1v) is 7.11. The van der Waals surface area contributed by atoms with Crippen molar-refractivity contribution in [1.82, 2.24) is 4.31 Å². The molecule has 0 radical (unpaired) electrons. The fourth-order valence-corrected chi connectivity index (χ4v) is 3.46. The molecule has 1 aromatic rings. The van der Waals surface area contributed by atoms with E-state index in [1.54, 1.807) is 25.1 Å². The molecule has 1 rings (SSSR count). The predicted molar refractivity (Wildman–Crippen MR) is 67.2 cm³/mol. The maximum Gasteiger partial charge on any atom is 0.243 e. The predicted octanol–water partition coefficient (Wildman–Crippen LogP) is 1.52. The summed E-state index contributed by atoms with van der Waals surface area (Å²) in [4.78, 5) is 0.285. The Morgan fingerprint density at radius 2 is 1.82 bits per heavy atom. The van der Waals surface area contributed by atoms with Crippen molar-refractivity contribution in [2.24, 2.45) is 0 Å². The summed E-state index contributed by atoms with van der Waals surface area (Å²) in [5.74, 6) is 0. The summed E-state index contributed by atoms with van der Waals surface area (Å²) in [7, 11) is -3.44. The summed E-state index contributed by atoms with van der Waals surface area (Å²) >= 11 is 0. The average Bonchev–Trinajstić information content (AvgIpc) is 2.30. The topological polar surface area (TPSA) is 57.6 Å². The molecule has 0 bridgehead atoms. The number of aliphatic hydroxyl groups excluding tert-OH is 1. The van der Waals surface area contributed by atoms with Crippen LogP contribution in [0.25, 0.3) is 0 Å². The van der Waals surface area contributed by atoms with Gasteiger partial charge in [0.1, 0.15) is 0 Å². The highest BCUT2D eigenvalue weighted by Gasteiger charge is 2.23. The molecule has 0 aliphatic rings. The zero-order valence-corrected chi connectivity index (χ0v) is 11.3. The molecule has 0 aliphatic carbocycles. The lowest BCUT2D eigenvalue weighted by Crippen LogP contribution is -2.31. The zero-order valence-electron chi connectivity index (χ0n) is 10.5. The van der Waals surface area contributed by atoms with Crippen molar-refractivity contribution in [3.05, 3.63) is 29.3 Å². The van der Waals surface area contributed by atoms with Crippen LogP contribution in [0.15, 0.2) is 23.1 Å². The van der Waals surface area contributed by atoms with Gasteiger partial charge in [0.2, 0.25) is 10.0 Å². The van der Waals surface area contributed by atoms with Gasteiger partial charge >= 0.3 is 0 Å². The number of rotatable bonds is 5. The fraction of sp³-hybridized carbons (Fsp3) is 0.500. The Kier molecular flexibility index (Phi) is 4.68. The van der Waals surface area contributed by atoms with E-state index >= 15 is 0 Å². The molecule has 0 heterocycles. The normalized spacial score (nSPS) is 12.1. The third-order valence-corrected chi connectivity index (χ3v) is 4.95. The van der Waals surface area contributed by atoms with Gasteiger partial charge in [0.25, 0.3) is 0 Å². The molecular weight excluding hydrogens is 238 g/mol. The van der Waals surface area contributed by atoms with Crippen LogP contribution in [0.2, 0.25) is 0 Å². The largest absolute Gasteiger partial charge is 0.392 e. The molecule has 5 heteroatoms. The minimum atomic E-state index is -3.44. The highest BCUT2D eigenvalue weighted by molar-refractivity contribution is 7.89. The Morgan fingerprint density at radius 1 is 1.24 bits per heavy atom. The summed E-state index contributed by atoms with van der Waals surface area (Å²) in [5.41, 5.74) is 1.32. The summed E-state index contributed by atoms with van der Waals surface area (Å²) in [6.45, 7) is 6.13. The van der Waals surface area contributed by atoms with E-state index in [0.717, 1.165) is 0 Å². The molecule has 17 heavy (non-hydrogen) atoms. The number of sulfonamides is 1. The van der Waals surface area contributed by atoms with Crippen molar-refractivity contribution in [2.45, 2.75) is 32.3 Å². The molecule has 0 spiro atoms. The number of hydrogen-bond donors (Lipinski definition) is 1. The SMILES string of the molecule is CCN(CC)S(=O)(=O)c1cc(CO)ccc1C. The Morgan fingerprint density at radius 3 is 2.29 bits per heavy atom. The van der Waals surface area contributed by atoms with E-state index in [-0.39, 0.29) is 11.5 Å². The van der Waals surface area contributed by atoms with Crippen LogP contribution in [0, 0.1) is 6.92 Å². The molecular formula is C12H19NO3S. The van der Waals surface area contributed by atoms with Crippen molar-refractivity contribution in [1.29, 1.82) is 0 Å². The minimum Gasteiger partial charge on any atom is -0.392 e. The highest BCUT2D eigenvalue weighted by atomic mass is 32.2. The van der Waals surface area contributed by atoms with E-state index in [4.69, 9.17) is 5.11 Å². The van der Waals surface area contributed by atoms with E-state index < -0.39 is 10.0 Å². The quantitative estimate of drug-likeness (QED) is 0.870. The molecule has 4 nitrogen and oxygen atoms in total. The lowest BCUT2D eigenvalue weighted by Gasteiger charge is -2.20. The minimum absolute atomic E-state index is 0.152. The monoisotopic (exact) mass is 257 g/mol. The van der Waals surface area contributed by atoms with Crippen molar-refractivity contribution in [3.8, 4) is 0 Å². The molecule has 0 fully saturated rings. The van der Waals surface area contributed by atoms with Crippen LogP contribution in [0.4, 0.5) is 0 Å². The molecule has 1 aromatic carbocycles. The first-order chi connectivity index (χ1) is 7.97. The Bertz CT molecular complexity index is 479. The smallest absolute Gasteiger partial charge is 0.243 e. The lowest BCUT2D eigenvalue weighted by atomic mass is 10.2. The molecule has 0 saturated carbocycles. The summed E-state index contributed by atoms with van der Waals surface area (Å²) in [6, 6.07) is 5.00. The highest BCUT2D eigenvalue weighted by Crippen LogP contribution is 2.21. The molecule has 0 atom stereocenters. The van der Waals surface area contributed by atoms with Crippen LogP contribution in [0.5, 0.6) is 0 Å². The van der Waals surface area contributed by atoms with Crippen LogP contribution in [0.1, 0.15) is 25.0 Å². The summed E-state index contributed by atoms with van der Waals surface area (Å²) < 4.78 is 26.1. The molecule has 96 valence electrons. The van der Waals surface area contributed by atoms with Gasteiger partial charge in [0.15, 0.2) is 0 Å². The van der Waals surface area contributed by atoms with Crippen LogP contribution < -0.4 is 0 Å². The summed E-state index contributed by atoms with van der Waals surface area (Å²) in [5, 5.41) is 9.06. The number of nitrogens with zero attached hydrogens (tertiary/aromatic N) is 1. The number of benzene rings is 1. The Labute approximate surface area is 103 Å². The molecule has 1 N–H and O–H groups in total. The van der Waals surface area contributed by atoms with Gasteiger partial charge in [-0.25, -0.2) is 8.42 Å². The van der Waals surface area contributed by atoms with E-state index in [1.165, 1.54) is 4.31 Å². The van der Waals surface area contributed by atoms with Gasteiger partial charge in [0, 0.05) is 13.1 Å². The van der Waals surface area contributed by atoms with Crippen LogP contribution in [-0.4, -0.2) is 30.9 Å². The lowest BCUT2D eigenvalue weighted by molar-refractivity contribution is 0.281. The Balaban J connectivity index is 3.31. The first kappa shape index (κ1) is 14.2. The van der Waals surface area contributed by atoms with E-state index in [9.17, 15) is 8.42 Å². The number of aliphatic hydroxyl groups is 1. The number of aryl methyl sites for hydroxylation is 1. The van der Waals surface area contributed by atoms with Crippen molar-refractivity contribution in [3.63, 3.8) is 0 Å². The van der Waals surface area contributed by atoms with E-state index in [0.29, 0.717) is 24.2 Å². The van der Waals surface area contributed by atoms with Gasteiger partial charge in [-0.3, -0.25) is 0 Å². The van der Waals surface area contributed by atoms with Crippen molar-refractivity contribution in [2.75, 3.05) is 13.1 Å². The molecule has 0 aromatic heterocycles. The van der Waals surface area contributed by atoms with E-state index in [1.807, 2.05) is 13.8 Å². The fourth-order valence-electron chi connectivity index (χ4n) is 1.72. The number of hydrogen-bond acceptors (Lipinski definition) is 3. The molecule has 0 unspecified atom stereocenters. The second-order valence-corrected chi connectivity index (χ2v) is 5.75.